The summed E-state index contributed by atoms with van der Waals surface area (Å²) in [5.41, 5.74) is 0.754. The van der Waals surface area contributed by atoms with Crippen LogP contribution in [0.1, 0.15) is 0 Å². The standard InChI is InChI=1S/C8H6ClN5/c9-7-1-2-8(14-13-7)12-6-3-10-5-11-4-6/h1-5H,(H,12,14). The van der Waals surface area contributed by atoms with Crippen LogP contribution in [0.3, 0.4) is 0 Å². The molecule has 0 unspecified atom stereocenters. The van der Waals surface area contributed by atoms with Crippen molar-refractivity contribution in [3.05, 3.63) is 36.0 Å². The van der Waals surface area contributed by atoms with Crippen LogP contribution in [-0.2, 0) is 0 Å². The van der Waals surface area contributed by atoms with Crippen LogP contribution in [0.4, 0.5) is 11.5 Å². The van der Waals surface area contributed by atoms with Gasteiger partial charge in [0.15, 0.2) is 11.0 Å². The molecule has 0 amide bonds. The molecular weight excluding hydrogens is 202 g/mol. The van der Waals surface area contributed by atoms with Crippen LogP contribution < -0.4 is 5.32 Å². The van der Waals surface area contributed by atoms with Crippen molar-refractivity contribution in [3.8, 4) is 0 Å². The molecule has 6 heteroatoms. The monoisotopic (exact) mass is 207 g/mol. The number of anilines is 2. The van der Waals surface area contributed by atoms with E-state index in [2.05, 4.69) is 25.5 Å². The van der Waals surface area contributed by atoms with Crippen molar-refractivity contribution in [2.24, 2.45) is 0 Å². The molecule has 0 radical (unpaired) electrons. The Hall–Kier alpha value is -1.75. The van der Waals surface area contributed by atoms with Gasteiger partial charge in [-0.25, -0.2) is 9.97 Å². The topological polar surface area (TPSA) is 63.6 Å². The predicted molar refractivity (Wildman–Crippen MR) is 52.4 cm³/mol. The minimum Gasteiger partial charge on any atom is -0.336 e. The zero-order chi connectivity index (χ0) is 9.80. The van der Waals surface area contributed by atoms with E-state index in [4.69, 9.17) is 11.6 Å². The second kappa shape index (κ2) is 3.97. The Bertz CT molecular complexity index is 402. The molecular formula is C8H6ClN5. The van der Waals surface area contributed by atoms with Crippen LogP contribution in [0.5, 0.6) is 0 Å². The molecule has 0 atom stereocenters. The van der Waals surface area contributed by atoms with E-state index in [9.17, 15) is 0 Å². The number of aromatic nitrogens is 4. The summed E-state index contributed by atoms with van der Waals surface area (Å²) in [6.45, 7) is 0. The quantitative estimate of drug-likeness (QED) is 0.812. The van der Waals surface area contributed by atoms with Crippen molar-refractivity contribution in [2.45, 2.75) is 0 Å². The minimum absolute atomic E-state index is 0.361. The summed E-state index contributed by atoms with van der Waals surface area (Å²) in [7, 11) is 0. The molecule has 2 heterocycles. The van der Waals surface area contributed by atoms with E-state index in [1.807, 2.05) is 0 Å². The lowest BCUT2D eigenvalue weighted by Gasteiger charge is -2.02. The van der Waals surface area contributed by atoms with Crippen molar-refractivity contribution < 1.29 is 0 Å². The highest BCUT2D eigenvalue weighted by Crippen LogP contribution is 2.11. The maximum absolute atomic E-state index is 5.59. The van der Waals surface area contributed by atoms with E-state index >= 15 is 0 Å². The van der Waals surface area contributed by atoms with Gasteiger partial charge in [0, 0.05) is 0 Å². The van der Waals surface area contributed by atoms with Gasteiger partial charge in [0.1, 0.15) is 6.33 Å². The fourth-order valence-corrected chi connectivity index (χ4v) is 0.995. The van der Waals surface area contributed by atoms with Crippen LogP contribution >= 0.6 is 11.6 Å². The number of rotatable bonds is 2. The number of nitrogens with zero attached hydrogens (tertiary/aromatic N) is 4. The van der Waals surface area contributed by atoms with E-state index < -0.39 is 0 Å². The molecule has 2 aromatic heterocycles. The van der Waals surface area contributed by atoms with Crippen molar-refractivity contribution in [1.29, 1.82) is 0 Å². The first-order chi connectivity index (χ1) is 6.84. The molecule has 0 aliphatic carbocycles. The average molecular weight is 208 g/mol. The largest absolute Gasteiger partial charge is 0.336 e. The fraction of sp³-hybridized carbons (Fsp3) is 0. The summed E-state index contributed by atoms with van der Waals surface area (Å²) in [6.07, 6.45) is 4.74. The lowest BCUT2D eigenvalue weighted by Crippen LogP contribution is -1.95. The van der Waals surface area contributed by atoms with E-state index in [-0.39, 0.29) is 0 Å². The van der Waals surface area contributed by atoms with Crippen molar-refractivity contribution in [2.75, 3.05) is 5.32 Å². The van der Waals surface area contributed by atoms with Crippen molar-refractivity contribution >= 4 is 23.1 Å². The number of hydrogen-bond acceptors (Lipinski definition) is 5. The summed E-state index contributed by atoms with van der Waals surface area (Å²) < 4.78 is 0. The van der Waals surface area contributed by atoms with Crippen LogP contribution in [-0.4, -0.2) is 20.2 Å². The van der Waals surface area contributed by atoms with Crippen LogP contribution in [0.15, 0.2) is 30.9 Å². The van der Waals surface area contributed by atoms with E-state index in [0.717, 1.165) is 5.69 Å². The maximum atomic E-state index is 5.59. The molecule has 0 aromatic carbocycles. The lowest BCUT2D eigenvalue weighted by molar-refractivity contribution is 1.03. The highest BCUT2D eigenvalue weighted by molar-refractivity contribution is 6.29. The zero-order valence-corrected chi connectivity index (χ0v) is 7.81. The Kier molecular flexibility index (Phi) is 2.51. The van der Waals surface area contributed by atoms with Gasteiger partial charge in [-0.1, -0.05) is 11.6 Å². The summed E-state index contributed by atoms with van der Waals surface area (Å²) in [4.78, 5) is 7.70. The third kappa shape index (κ3) is 2.14. The number of hydrogen-bond donors (Lipinski definition) is 1. The van der Waals surface area contributed by atoms with Gasteiger partial charge in [-0.3, -0.25) is 0 Å². The molecule has 1 N–H and O–H groups in total. The van der Waals surface area contributed by atoms with Gasteiger partial charge in [0.25, 0.3) is 0 Å². The Balaban J connectivity index is 2.16. The van der Waals surface area contributed by atoms with Crippen molar-refractivity contribution in [3.63, 3.8) is 0 Å². The van der Waals surface area contributed by atoms with Gasteiger partial charge >= 0.3 is 0 Å². The van der Waals surface area contributed by atoms with Gasteiger partial charge in [0.2, 0.25) is 0 Å². The molecule has 70 valence electrons. The first kappa shape index (κ1) is 8.83. The smallest absolute Gasteiger partial charge is 0.153 e. The van der Waals surface area contributed by atoms with Gasteiger partial charge in [-0.05, 0) is 12.1 Å². The summed E-state index contributed by atoms with van der Waals surface area (Å²) in [5, 5.41) is 10.8. The van der Waals surface area contributed by atoms with E-state index in [0.29, 0.717) is 11.0 Å². The maximum Gasteiger partial charge on any atom is 0.153 e. The molecule has 0 aliphatic rings. The molecule has 0 aliphatic heterocycles. The fourth-order valence-electron chi connectivity index (χ4n) is 0.894. The molecule has 0 bridgehead atoms. The average Bonchev–Trinajstić information content (AvgIpc) is 2.23. The molecule has 5 nitrogen and oxygen atoms in total. The molecule has 2 aromatic rings. The zero-order valence-electron chi connectivity index (χ0n) is 7.05. The second-order valence-corrected chi connectivity index (χ2v) is 2.88. The highest BCUT2D eigenvalue weighted by Gasteiger charge is 1.96. The van der Waals surface area contributed by atoms with Crippen molar-refractivity contribution in [1.82, 2.24) is 20.2 Å². The SMILES string of the molecule is Clc1ccc(Nc2cncnc2)nn1. The van der Waals surface area contributed by atoms with Crippen LogP contribution in [0, 0.1) is 0 Å². The van der Waals surface area contributed by atoms with E-state index in [1.54, 1.807) is 24.5 Å². The molecule has 2 rings (SSSR count). The third-order valence-corrected chi connectivity index (χ3v) is 1.67. The lowest BCUT2D eigenvalue weighted by atomic mass is 10.5. The molecule has 0 spiro atoms. The Morgan fingerprint density at radius 3 is 2.50 bits per heavy atom. The van der Waals surface area contributed by atoms with E-state index in [1.165, 1.54) is 6.33 Å². The summed E-state index contributed by atoms with van der Waals surface area (Å²) in [6, 6.07) is 3.38. The second-order valence-electron chi connectivity index (χ2n) is 2.49. The van der Waals surface area contributed by atoms with Gasteiger partial charge in [-0.15, -0.1) is 10.2 Å². The Morgan fingerprint density at radius 1 is 1.07 bits per heavy atom. The molecule has 14 heavy (non-hydrogen) atoms. The Morgan fingerprint density at radius 2 is 1.86 bits per heavy atom. The van der Waals surface area contributed by atoms with Gasteiger partial charge in [-0.2, -0.15) is 0 Å². The van der Waals surface area contributed by atoms with Gasteiger partial charge in [0.05, 0.1) is 18.1 Å². The molecule has 0 fully saturated rings. The van der Waals surface area contributed by atoms with Crippen LogP contribution in [0.25, 0.3) is 0 Å². The summed E-state index contributed by atoms with van der Waals surface area (Å²) in [5.74, 6) is 0.601. The molecule has 0 saturated carbocycles. The first-order valence-corrected chi connectivity index (χ1v) is 4.23. The third-order valence-electron chi connectivity index (χ3n) is 1.46. The predicted octanol–water partition coefficient (Wildman–Crippen LogP) is 1.66. The Labute approximate surface area is 85.2 Å². The van der Waals surface area contributed by atoms with Gasteiger partial charge < -0.3 is 5.32 Å². The first-order valence-electron chi connectivity index (χ1n) is 3.86. The normalized spacial score (nSPS) is 9.79. The summed E-state index contributed by atoms with van der Waals surface area (Å²) >= 11 is 5.59. The number of halogens is 1. The minimum atomic E-state index is 0.361. The highest BCUT2D eigenvalue weighted by atomic mass is 35.5. The number of nitrogens with one attached hydrogen (secondary N) is 1. The van der Waals surface area contributed by atoms with Crippen LogP contribution in [0.2, 0.25) is 5.15 Å². The molecule has 0 saturated heterocycles.